The van der Waals surface area contributed by atoms with Crippen molar-refractivity contribution in [3.63, 3.8) is 0 Å². The fourth-order valence-electron chi connectivity index (χ4n) is 0.653. The molecule has 1 heteroatoms. The summed E-state index contributed by atoms with van der Waals surface area (Å²) in [5, 5.41) is 3.14. The van der Waals surface area contributed by atoms with Crippen molar-refractivity contribution in [2.45, 2.75) is 25.8 Å². The van der Waals surface area contributed by atoms with Crippen molar-refractivity contribution in [1.29, 1.82) is 0 Å². The molecule has 0 heterocycles. The van der Waals surface area contributed by atoms with Crippen LogP contribution in [0.15, 0.2) is 6.08 Å². The van der Waals surface area contributed by atoms with Gasteiger partial charge in [0, 0.05) is 6.04 Å². The predicted molar refractivity (Wildman–Crippen MR) is 36.6 cm³/mol. The first-order valence-electron chi connectivity index (χ1n) is 3.05. The van der Waals surface area contributed by atoms with Crippen LogP contribution in [0.25, 0.3) is 0 Å². The summed E-state index contributed by atoms with van der Waals surface area (Å²) in [5.74, 6) is 0. The van der Waals surface area contributed by atoms with Gasteiger partial charge in [0.25, 0.3) is 0 Å². The lowest BCUT2D eigenvalue weighted by Gasteiger charge is -2.08. The SMILES string of the molecule is [CH]=CCC(CC)NC. The Bertz CT molecular complexity index is 55.4. The van der Waals surface area contributed by atoms with Crippen molar-refractivity contribution in [3.05, 3.63) is 12.7 Å². The Hall–Kier alpha value is -0.300. The Morgan fingerprint density at radius 2 is 2.38 bits per heavy atom. The molecule has 0 aromatic carbocycles. The maximum Gasteiger partial charge on any atom is 0.00960 e. The molecule has 1 nitrogen and oxygen atoms in total. The van der Waals surface area contributed by atoms with Crippen LogP contribution >= 0.6 is 0 Å². The van der Waals surface area contributed by atoms with E-state index in [1.54, 1.807) is 6.08 Å². The molecule has 8 heavy (non-hydrogen) atoms. The lowest BCUT2D eigenvalue weighted by molar-refractivity contribution is 0.552. The van der Waals surface area contributed by atoms with Crippen molar-refractivity contribution < 1.29 is 0 Å². The summed E-state index contributed by atoms with van der Waals surface area (Å²) in [6, 6.07) is 0.569. The zero-order chi connectivity index (χ0) is 6.41. The van der Waals surface area contributed by atoms with Crippen LogP contribution in [0.3, 0.4) is 0 Å². The van der Waals surface area contributed by atoms with Gasteiger partial charge in [0.15, 0.2) is 0 Å². The molecule has 1 unspecified atom stereocenters. The van der Waals surface area contributed by atoms with E-state index in [1.807, 2.05) is 7.05 Å². The van der Waals surface area contributed by atoms with E-state index < -0.39 is 0 Å². The van der Waals surface area contributed by atoms with Gasteiger partial charge in [-0.1, -0.05) is 19.6 Å². The van der Waals surface area contributed by atoms with E-state index in [1.165, 1.54) is 0 Å². The van der Waals surface area contributed by atoms with Gasteiger partial charge in [-0.15, -0.1) is 0 Å². The van der Waals surface area contributed by atoms with E-state index in [2.05, 4.69) is 12.2 Å². The van der Waals surface area contributed by atoms with Crippen LogP contribution < -0.4 is 5.32 Å². The molecular formula is C7H14N. The highest BCUT2D eigenvalue weighted by molar-refractivity contribution is 4.73. The van der Waals surface area contributed by atoms with E-state index in [4.69, 9.17) is 6.58 Å². The second-order valence-corrected chi connectivity index (χ2v) is 1.87. The Labute approximate surface area is 51.8 Å². The van der Waals surface area contributed by atoms with E-state index in [0.29, 0.717) is 6.04 Å². The Balaban J connectivity index is 3.20. The lowest BCUT2D eigenvalue weighted by Crippen LogP contribution is -2.22. The summed E-state index contributed by atoms with van der Waals surface area (Å²) < 4.78 is 0. The van der Waals surface area contributed by atoms with Gasteiger partial charge >= 0.3 is 0 Å². The molecule has 0 aromatic rings. The standard InChI is InChI=1S/C7H14N/c1-4-6-7(5-2)8-3/h1,4,7-8H,5-6H2,2-3H3. The molecule has 0 rings (SSSR count). The van der Waals surface area contributed by atoms with Crippen LogP contribution in [0, 0.1) is 6.58 Å². The topological polar surface area (TPSA) is 12.0 Å². The van der Waals surface area contributed by atoms with Crippen LogP contribution in [0.2, 0.25) is 0 Å². The molecule has 1 atom stereocenters. The van der Waals surface area contributed by atoms with Crippen molar-refractivity contribution >= 4 is 0 Å². The van der Waals surface area contributed by atoms with Gasteiger partial charge in [-0.3, -0.25) is 0 Å². The molecule has 0 saturated carbocycles. The molecule has 1 radical (unpaired) electrons. The van der Waals surface area contributed by atoms with Gasteiger partial charge in [-0.05, 0) is 19.9 Å². The molecule has 0 saturated heterocycles. The minimum absolute atomic E-state index is 0.569. The molecule has 0 aromatic heterocycles. The van der Waals surface area contributed by atoms with Crippen LogP contribution in [-0.4, -0.2) is 13.1 Å². The Morgan fingerprint density at radius 1 is 1.75 bits per heavy atom. The number of rotatable bonds is 4. The first-order valence-corrected chi connectivity index (χ1v) is 3.05. The summed E-state index contributed by atoms with van der Waals surface area (Å²) in [7, 11) is 1.96. The third-order valence-electron chi connectivity index (χ3n) is 1.32. The number of hydrogen-bond donors (Lipinski definition) is 1. The van der Waals surface area contributed by atoms with Crippen molar-refractivity contribution in [2.24, 2.45) is 0 Å². The average molecular weight is 112 g/mol. The highest BCUT2D eigenvalue weighted by atomic mass is 14.9. The van der Waals surface area contributed by atoms with E-state index in [0.717, 1.165) is 12.8 Å². The third kappa shape index (κ3) is 2.80. The fraction of sp³-hybridized carbons (Fsp3) is 0.714. The van der Waals surface area contributed by atoms with Gasteiger partial charge in [-0.25, -0.2) is 0 Å². The first kappa shape index (κ1) is 7.70. The minimum atomic E-state index is 0.569. The minimum Gasteiger partial charge on any atom is -0.317 e. The van der Waals surface area contributed by atoms with Gasteiger partial charge in [-0.2, -0.15) is 0 Å². The molecule has 47 valence electrons. The summed E-state index contributed by atoms with van der Waals surface area (Å²) in [4.78, 5) is 0. The van der Waals surface area contributed by atoms with E-state index in [-0.39, 0.29) is 0 Å². The molecule has 0 amide bonds. The zero-order valence-electron chi connectivity index (χ0n) is 5.65. The second-order valence-electron chi connectivity index (χ2n) is 1.87. The zero-order valence-corrected chi connectivity index (χ0v) is 5.65. The molecule has 0 aliphatic carbocycles. The van der Waals surface area contributed by atoms with Crippen molar-refractivity contribution in [1.82, 2.24) is 5.32 Å². The number of nitrogens with one attached hydrogen (secondary N) is 1. The predicted octanol–water partition coefficient (Wildman–Crippen LogP) is 1.36. The van der Waals surface area contributed by atoms with Crippen LogP contribution in [-0.2, 0) is 0 Å². The van der Waals surface area contributed by atoms with E-state index in [9.17, 15) is 0 Å². The molecule has 0 spiro atoms. The normalized spacial score (nSPS) is 13.2. The maximum atomic E-state index is 5.22. The van der Waals surface area contributed by atoms with Gasteiger partial charge in [0.1, 0.15) is 0 Å². The van der Waals surface area contributed by atoms with E-state index >= 15 is 0 Å². The summed E-state index contributed by atoms with van der Waals surface area (Å²) >= 11 is 0. The maximum absolute atomic E-state index is 5.22. The monoisotopic (exact) mass is 112 g/mol. The van der Waals surface area contributed by atoms with Crippen molar-refractivity contribution in [2.75, 3.05) is 7.05 Å². The summed E-state index contributed by atoms with van der Waals surface area (Å²) in [6.07, 6.45) is 3.81. The van der Waals surface area contributed by atoms with Crippen LogP contribution in [0.1, 0.15) is 19.8 Å². The molecule has 0 aliphatic rings. The highest BCUT2D eigenvalue weighted by Crippen LogP contribution is 1.94. The average Bonchev–Trinajstić information content (AvgIpc) is 1.83. The molecule has 1 N–H and O–H groups in total. The van der Waals surface area contributed by atoms with Crippen molar-refractivity contribution in [3.8, 4) is 0 Å². The Morgan fingerprint density at radius 3 is 2.50 bits per heavy atom. The van der Waals surface area contributed by atoms with Gasteiger partial charge < -0.3 is 5.32 Å². The quantitative estimate of drug-likeness (QED) is 0.579. The molecule has 0 fully saturated rings. The van der Waals surface area contributed by atoms with Crippen LogP contribution in [0.4, 0.5) is 0 Å². The second kappa shape index (κ2) is 4.85. The summed E-state index contributed by atoms with van der Waals surface area (Å²) in [6.45, 7) is 7.36. The van der Waals surface area contributed by atoms with Gasteiger partial charge in [0.2, 0.25) is 0 Å². The largest absolute Gasteiger partial charge is 0.317 e. The highest BCUT2D eigenvalue weighted by Gasteiger charge is 1.96. The fourth-order valence-corrected chi connectivity index (χ4v) is 0.653. The summed E-state index contributed by atoms with van der Waals surface area (Å²) in [5.41, 5.74) is 0. The number of hydrogen-bond acceptors (Lipinski definition) is 1. The first-order chi connectivity index (χ1) is 3.85. The lowest BCUT2D eigenvalue weighted by atomic mass is 10.1. The molecule has 0 bridgehead atoms. The third-order valence-corrected chi connectivity index (χ3v) is 1.32. The molecule has 0 aliphatic heterocycles. The molecular weight excluding hydrogens is 98.1 g/mol. The van der Waals surface area contributed by atoms with Gasteiger partial charge in [0.05, 0.1) is 0 Å². The van der Waals surface area contributed by atoms with Crippen LogP contribution in [0.5, 0.6) is 0 Å². The Kier molecular flexibility index (Phi) is 4.67. The smallest absolute Gasteiger partial charge is 0.00960 e.